The van der Waals surface area contributed by atoms with Crippen LogP contribution in [0.5, 0.6) is 0 Å². The molecule has 1 aromatic carbocycles. The van der Waals surface area contributed by atoms with Crippen molar-refractivity contribution in [1.82, 2.24) is 0 Å². The second kappa shape index (κ2) is 2.52. The molecule has 0 spiro atoms. The molecule has 1 nitrogen and oxygen atoms in total. The van der Waals surface area contributed by atoms with E-state index in [9.17, 15) is 4.48 Å². The van der Waals surface area contributed by atoms with Crippen LogP contribution in [0.4, 0.5) is 10.2 Å². The lowest BCUT2D eigenvalue weighted by atomic mass is 10.0. The highest BCUT2D eigenvalue weighted by atomic mass is 32.1. The summed E-state index contributed by atoms with van der Waals surface area (Å²) in [5.41, 5.74) is 1.57. The summed E-state index contributed by atoms with van der Waals surface area (Å²) in [5, 5.41) is 0.593. The SMILES string of the molecule is CC1C(=S)N(F)c2ccccc21. The molecule has 1 aromatic rings. The van der Waals surface area contributed by atoms with E-state index in [1.165, 1.54) is 0 Å². The van der Waals surface area contributed by atoms with Crippen molar-refractivity contribution in [2.45, 2.75) is 12.8 Å². The quantitative estimate of drug-likeness (QED) is 0.447. The lowest BCUT2D eigenvalue weighted by molar-refractivity contribution is 0.527. The van der Waals surface area contributed by atoms with Gasteiger partial charge in [-0.25, -0.2) is 0 Å². The third-order valence-electron chi connectivity index (χ3n) is 2.18. The molecule has 1 aliphatic heterocycles. The Kier molecular flexibility index (Phi) is 1.61. The first kappa shape index (κ1) is 7.68. The Morgan fingerprint density at radius 3 is 2.75 bits per heavy atom. The number of rotatable bonds is 0. The van der Waals surface area contributed by atoms with Crippen LogP contribution in [0.1, 0.15) is 18.4 Å². The average molecular weight is 181 g/mol. The fourth-order valence-corrected chi connectivity index (χ4v) is 1.68. The van der Waals surface area contributed by atoms with Gasteiger partial charge in [0.1, 0.15) is 4.99 Å². The molecule has 1 heterocycles. The Hall–Kier alpha value is -0.960. The van der Waals surface area contributed by atoms with Gasteiger partial charge < -0.3 is 0 Å². The van der Waals surface area contributed by atoms with Crippen molar-refractivity contribution in [2.75, 3.05) is 5.12 Å². The summed E-state index contributed by atoms with van der Waals surface area (Å²) in [6.45, 7) is 1.92. The molecule has 1 unspecified atom stereocenters. The molecule has 2 rings (SSSR count). The van der Waals surface area contributed by atoms with Gasteiger partial charge in [-0.05, 0) is 11.6 Å². The third kappa shape index (κ3) is 0.862. The van der Waals surface area contributed by atoms with Crippen LogP contribution in [0.3, 0.4) is 0 Å². The van der Waals surface area contributed by atoms with Crippen LogP contribution in [-0.4, -0.2) is 4.99 Å². The summed E-state index contributed by atoms with van der Waals surface area (Å²) < 4.78 is 13.3. The molecule has 0 radical (unpaired) electrons. The molecule has 0 saturated carbocycles. The number of fused-ring (bicyclic) bond motifs is 1. The number of thiocarbonyl (C=S) groups is 1. The Morgan fingerprint density at radius 2 is 2.08 bits per heavy atom. The number of benzene rings is 1. The predicted molar refractivity (Wildman–Crippen MR) is 51.0 cm³/mol. The standard InChI is InChI=1S/C9H8FNS/c1-6-7-4-2-3-5-8(7)11(10)9(6)12/h2-6H,1H3. The lowest BCUT2D eigenvalue weighted by Gasteiger charge is -2.05. The highest BCUT2D eigenvalue weighted by molar-refractivity contribution is 7.80. The average Bonchev–Trinajstić information content (AvgIpc) is 2.33. The van der Waals surface area contributed by atoms with Gasteiger partial charge in [0, 0.05) is 5.92 Å². The molecule has 0 saturated heterocycles. The molecule has 0 aliphatic carbocycles. The van der Waals surface area contributed by atoms with Crippen molar-refractivity contribution in [1.29, 1.82) is 0 Å². The highest BCUT2D eigenvalue weighted by Crippen LogP contribution is 2.37. The Morgan fingerprint density at radius 1 is 1.42 bits per heavy atom. The summed E-state index contributed by atoms with van der Waals surface area (Å²) in [7, 11) is 0. The second-order valence-electron chi connectivity index (χ2n) is 2.90. The maximum atomic E-state index is 13.3. The summed E-state index contributed by atoms with van der Waals surface area (Å²) >= 11 is 4.92. The minimum atomic E-state index is 0.0289. The van der Waals surface area contributed by atoms with Gasteiger partial charge in [-0.1, -0.05) is 41.8 Å². The van der Waals surface area contributed by atoms with Gasteiger partial charge in [0.05, 0.1) is 5.69 Å². The number of para-hydroxylation sites is 1. The Balaban J connectivity index is 2.59. The Bertz CT molecular complexity index is 306. The minimum Gasteiger partial charge on any atom is -0.172 e. The van der Waals surface area contributed by atoms with Crippen LogP contribution in [0.25, 0.3) is 0 Å². The molecule has 0 aromatic heterocycles. The Labute approximate surface area is 75.7 Å². The normalized spacial score (nSPS) is 21.3. The van der Waals surface area contributed by atoms with Crippen LogP contribution < -0.4 is 5.12 Å². The monoisotopic (exact) mass is 181 g/mol. The van der Waals surface area contributed by atoms with Crippen molar-refractivity contribution in [3.63, 3.8) is 0 Å². The topological polar surface area (TPSA) is 3.24 Å². The fourth-order valence-electron chi connectivity index (χ4n) is 1.45. The van der Waals surface area contributed by atoms with Crippen LogP contribution in [0, 0.1) is 0 Å². The smallest absolute Gasteiger partial charge is 0.122 e. The first-order chi connectivity index (χ1) is 5.72. The predicted octanol–water partition coefficient (Wildman–Crippen LogP) is 2.82. The van der Waals surface area contributed by atoms with E-state index in [0.717, 1.165) is 5.56 Å². The highest BCUT2D eigenvalue weighted by Gasteiger charge is 2.30. The van der Waals surface area contributed by atoms with Crippen molar-refractivity contribution < 1.29 is 4.48 Å². The van der Waals surface area contributed by atoms with E-state index in [1.807, 2.05) is 25.1 Å². The fraction of sp³-hybridized carbons (Fsp3) is 0.222. The van der Waals surface area contributed by atoms with Crippen molar-refractivity contribution in [3.05, 3.63) is 29.8 Å². The molecular weight excluding hydrogens is 173 g/mol. The van der Waals surface area contributed by atoms with Crippen LogP contribution in [0.2, 0.25) is 0 Å². The number of halogens is 1. The molecule has 62 valence electrons. The van der Waals surface area contributed by atoms with E-state index in [0.29, 0.717) is 15.8 Å². The van der Waals surface area contributed by atoms with Gasteiger partial charge in [-0.15, -0.1) is 0 Å². The van der Waals surface area contributed by atoms with Gasteiger partial charge in [-0.3, -0.25) is 0 Å². The first-order valence-electron chi connectivity index (χ1n) is 3.80. The zero-order valence-electron chi connectivity index (χ0n) is 6.62. The maximum Gasteiger partial charge on any atom is 0.122 e. The number of hydrogen-bond donors (Lipinski definition) is 0. The van der Waals surface area contributed by atoms with E-state index >= 15 is 0 Å². The summed E-state index contributed by atoms with van der Waals surface area (Å²) in [6, 6.07) is 7.36. The summed E-state index contributed by atoms with van der Waals surface area (Å²) in [5.74, 6) is 0.0289. The maximum absolute atomic E-state index is 13.3. The largest absolute Gasteiger partial charge is 0.172 e. The molecular formula is C9H8FNS. The van der Waals surface area contributed by atoms with Crippen LogP contribution >= 0.6 is 12.2 Å². The van der Waals surface area contributed by atoms with E-state index in [4.69, 9.17) is 12.2 Å². The second-order valence-corrected chi connectivity index (χ2v) is 3.32. The number of anilines is 1. The number of nitrogens with zero attached hydrogens (tertiary/aromatic N) is 1. The van der Waals surface area contributed by atoms with Crippen molar-refractivity contribution >= 4 is 22.9 Å². The molecule has 0 bridgehead atoms. The van der Waals surface area contributed by atoms with Crippen molar-refractivity contribution in [3.8, 4) is 0 Å². The van der Waals surface area contributed by atoms with Gasteiger partial charge in [0.25, 0.3) is 0 Å². The van der Waals surface area contributed by atoms with Gasteiger partial charge >= 0.3 is 0 Å². The first-order valence-corrected chi connectivity index (χ1v) is 4.21. The molecule has 3 heteroatoms. The molecule has 12 heavy (non-hydrogen) atoms. The van der Waals surface area contributed by atoms with E-state index in [1.54, 1.807) is 6.07 Å². The van der Waals surface area contributed by atoms with Crippen LogP contribution in [-0.2, 0) is 0 Å². The third-order valence-corrected chi connectivity index (χ3v) is 2.69. The van der Waals surface area contributed by atoms with E-state index < -0.39 is 0 Å². The zero-order valence-corrected chi connectivity index (χ0v) is 7.44. The molecule has 1 atom stereocenters. The van der Waals surface area contributed by atoms with Gasteiger partial charge in [-0.2, -0.15) is 5.12 Å². The van der Waals surface area contributed by atoms with Gasteiger partial charge in [0.15, 0.2) is 0 Å². The lowest BCUT2D eigenvalue weighted by Crippen LogP contribution is -2.15. The molecule has 0 amide bonds. The number of hydrogen-bond acceptors (Lipinski definition) is 1. The molecule has 1 aliphatic rings. The van der Waals surface area contributed by atoms with Crippen molar-refractivity contribution in [2.24, 2.45) is 0 Å². The zero-order chi connectivity index (χ0) is 8.72. The molecule has 0 N–H and O–H groups in total. The molecule has 0 fully saturated rings. The van der Waals surface area contributed by atoms with E-state index in [2.05, 4.69) is 0 Å². The summed E-state index contributed by atoms with van der Waals surface area (Å²) in [4.78, 5) is 0.358. The summed E-state index contributed by atoms with van der Waals surface area (Å²) in [6.07, 6.45) is 0. The minimum absolute atomic E-state index is 0.0289. The van der Waals surface area contributed by atoms with Gasteiger partial charge in [0.2, 0.25) is 0 Å². The van der Waals surface area contributed by atoms with Crippen LogP contribution in [0.15, 0.2) is 24.3 Å². The van der Waals surface area contributed by atoms with E-state index in [-0.39, 0.29) is 5.92 Å².